The van der Waals surface area contributed by atoms with Crippen LogP contribution in [0.25, 0.3) is 66.9 Å². The van der Waals surface area contributed by atoms with Gasteiger partial charge in [-0.05, 0) is 114 Å². The van der Waals surface area contributed by atoms with Crippen molar-refractivity contribution in [3.63, 3.8) is 0 Å². The Balaban J connectivity index is 0.000000215. The summed E-state index contributed by atoms with van der Waals surface area (Å²) in [4.78, 5) is 58.8. The highest BCUT2D eigenvalue weighted by Gasteiger charge is 2.32. The van der Waals surface area contributed by atoms with Crippen molar-refractivity contribution in [1.82, 2.24) is 59.3 Å². The zero-order valence-electron chi connectivity index (χ0n) is 48.9. The monoisotopic (exact) mass is 1210 g/mol. The van der Waals surface area contributed by atoms with Crippen LogP contribution < -0.4 is 16.4 Å². The molecule has 0 spiro atoms. The van der Waals surface area contributed by atoms with Crippen LogP contribution >= 0.6 is 35.6 Å². The van der Waals surface area contributed by atoms with Gasteiger partial charge in [-0.3, -0.25) is 23.7 Å². The van der Waals surface area contributed by atoms with E-state index in [0.717, 1.165) is 72.4 Å². The van der Waals surface area contributed by atoms with Gasteiger partial charge in [0, 0.05) is 101 Å². The number of hydrogen-bond donors (Lipinski definition) is 3. The molecule has 19 nitrogen and oxygen atoms in total. The van der Waals surface area contributed by atoms with Crippen LogP contribution in [0.3, 0.4) is 0 Å². The summed E-state index contributed by atoms with van der Waals surface area (Å²) in [6, 6.07) is 13.5. The number of nitrogens with one attached hydrogen (secondary N) is 2. The zero-order chi connectivity index (χ0) is 58.1. The summed E-state index contributed by atoms with van der Waals surface area (Å²) in [5.74, 6) is -0.413. The number of carbonyl (C=O) groups excluding carboxylic acids is 3. The van der Waals surface area contributed by atoms with Crippen molar-refractivity contribution >= 4 is 114 Å². The van der Waals surface area contributed by atoms with Crippen LogP contribution in [0.5, 0.6) is 0 Å². The van der Waals surface area contributed by atoms with Gasteiger partial charge in [0.15, 0.2) is 11.3 Å². The van der Waals surface area contributed by atoms with E-state index in [1.807, 2.05) is 80.4 Å². The fraction of sp³-hybridized carbons (Fsp3) is 0.500. The third-order valence-corrected chi connectivity index (χ3v) is 18.6. The minimum atomic E-state index is -1.25. The number of rotatable bonds is 18. The molecule has 4 N–H and O–H groups in total. The van der Waals surface area contributed by atoms with Crippen LogP contribution in [0.4, 0.5) is 0 Å². The lowest BCUT2D eigenvalue weighted by Crippen LogP contribution is -2.34. The topological polar surface area (TPSA) is 226 Å². The maximum atomic E-state index is 13.8. The number of halogens is 3. The number of ether oxygens (including phenoxy) is 3. The third kappa shape index (κ3) is 15.3. The predicted molar refractivity (Wildman–Crippen MR) is 332 cm³/mol. The molecule has 4 atom stereocenters. The molecule has 2 aromatic carbocycles. The van der Waals surface area contributed by atoms with Crippen molar-refractivity contribution in [2.75, 3.05) is 13.2 Å². The lowest BCUT2D eigenvalue weighted by atomic mass is 10.0. The Hall–Kier alpha value is -5.79. The number of fused-ring (bicyclic) bond motifs is 4. The van der Waals surface area contributed by atoms with E-state index in [1.165, 1.54) is 0 Å². The molecular weight excluding hydrogens is 1140 g/mol. The first-order valence-electron chi connectivity index (χ1n) is 28.0. The standard InChI is InChI=1S/C32H43ClN6O4Si.C26H34ClN7O2Si.ClH/c1-32(2,3)43-27(40)15-20-8-10-22(14-20)35-31(41)24-18-39(19-42-12-13-44(5,6)7)30-29(24)36-25(17-34-30)28-23-11-9-21(33)16-26(23)38(4)37-28;1-33-22-11-16(27)5-8-19(22)23(32-33)21-13-29-25-24(31-21)20(26(35)30-18-7-6-17(28)12-18)14-34(25)15-36-9-10-37(2,3)4;/h9,11,16-18,20,22H,8,10,12-15,19H2,1-7H3,(H,35,41);5,8,11,13-14,17-18H,6-7,9-10,12,15,28H2,1-4H3,(H,30,35);1H. The number of aromatic nitrogens is 10. The average molecular weight is 1220 g/mol. The minimum absolute atomic E-state index is 0. The molecule has 0 aliphatic heterocycles. The third-order valence-electron chi connectivity index (χ3n) is 14.7. The molecule has 2 saturated carbocycles. The molecular formula is C58H78Cl3N13O6Si2. The number of esters is 1. The van der Waals surface area contributed by atoms with E-state index >= 15 is 0 Å². The van der Waals surface area contributed by atoms with Crippen LogP contribution in [0.15, 0.2) is 61.2 Å². The first-order chi connectivity index (χ1) is 38.3. The van der Waals surface area contributed by atoms with E-state index in [-0.39, 0.29) is 61.0 Å². The second-order valence-corrected chi connectivity index (χ2v) is 37.3. The number of carbonyl (C=O) groups is 3. The summed E-state index contributed by atoms with van der Waals surface area (Å²) in [6.07, 6.45) is 12.3. The van der Waals surface area contributed by atoms with Gasteiger partial charge in [0.1, 0.15) is 52.9 Å². The Morgan fingerprint density at radius 1 is 0.683 bits per heavy atom. The van der Waals surface area contributed by atoms with Gasteiger partial charge in [0.2, 0.25) is 0 Å². The van der Waals surface area contributed by atoms with Crippen molar-refractivity contribution in [2.24, 2.45) is 25.7 Å². The van der Waals surface area contributed by atoms with Gasteiger partial charge in [0.05, 0.1) is 34.6 Å². The number of hydrogen-bond acceptors (Lipinski definition) is 13. The molecule has 8 aromatic rings. The lowest BCUT2D eigenvalue weighted by molar-refractivity contribution is -0.155. The van der Waals surface area contributed by atoms with Crippen molar-refractivity contribution < 1.29 is 28.6 Å². The average Bonchev–Trinajstić information content (AvgIpc) is 4.47. The number of amides is 2. The van der Waals surface area contributed by atoms with Crippen LogP contribution in [0, 0.1) is 5.92 Å². The molecule has 0 saturated heterocycles. The second-order valence-electron chi connectivity index (χ2n) is 25.2. The molecule has 2 aliphatic carbocycles. The fourth-order valence-electron chi connectivity index (χ4n) is 10.5. The molecule has 0 radical (unpaired) electrons. The molecule has 2 amide bonds. The van der Waals surface area contributed by atoms with Crippen LogP contribution in [-0.2, 0) is 46.6 Å². The van der Waals surface area contributed by atoms with Gasteiger partial charge in [0.25, 0.3) is 11.8 Å². The first kappa shape index (κ1) is 62.3. The number of nitrogens with zero attached hydrogens (tertiary/aromatic N) is 10. The van der Waals surface area contributed by atoms with Crippen LogP contribution in [0.1, 0.15) is 86.4 Å². The molecule has 6 aromatic heterocycles. The Morgan fingerprint density at radius 3 is 1.56 bits per heavy atom. The molecule has 0 bridgehead atoms. The maximum absolute atomic E-state index is 13.8. The normalized spacial score (nSPS) is 17.6. The first-order valence-corrected chi connectivity index (χ1v) is 36.1. The van der Waals surface area contributed by atoms with Gasteiger partial charge in [-0.2, -0.15) is 10.2 Å². The number of benzene rings is 2. The molecule has 24 heteroatoms. The van der Waals surface area contributed by atoms with E-state index in [4.69, 9.17) is 68.2 Å². The number of aryl methyl sites for hydroxylation is 2. The summed E-state index contributed by atoms with van der Waals surface area (Å²) in [5.41, 5.74) is 12.9. The Labute approximate surface area is 497 Å². The van der Waals surface area contributed by atoms with Gasteiger partial charge in [-0.1, -0.05) is 62.5 Å². The Kier molecular flexibility index (Phi) is 19.4. The van der Waals surface area contributed by atoms with E-state index in [9.17, 15) is 14.4 Å². The van der Waals surface area contributed by atoms with Crippen molar-refractivity contribution in [1.29, 1.82) is 0 Å². The summed E-state index contributed by atoms with van der Waals surface area (Å²) < 4.78 is 24.8. The molecule has 10 rings (SSSR count). The largest absolute Gasteiger partial charge is 0.460 e. The van der Waals surface area contributed by atoms with Crippen LogP contribution in [0.2, 0.25) is 61.4 Å². The molecule has 4 unspecified atom stereocenters. The van der Waals surface area contributed by atoms with Crippen molar-refractivity contribution in [3.8, 4) is 22.8 Å². The van der Waals surface area contributed by atoms with E-state index < -0.39 is 21.7 Å². The summed E-state index contributed by atoms with van der Waals surface area (Å²) >= 11 is 12.4. The van der Waals surface area contributed by atoms with E-state index in [2.05, 4.69) is 55.0 Å². The smallest absolute Gasteiger partial charge is 0.306 e. The molecule has 2 fully saturated rings. The summed E-state index contributed by atoms with van der Waals surface area (Å²) in [5, 5.41) is 18.8. The molecule has 6 heterocycles. The predicted octanol–water partition coefficient (Wildman–Crippen LogP) is 11.6. The highest BCUT2D eigenvalue weighted by molar-refractivity contribution is 6.76. The minimum Gasteiger partial charge on any atom is -0.460 e. The maximum Gasteiger partial charge on any atom is 0.306 e. The quantitative estimate of drug-likeness (QED) is 0.0413. The summed E-state index contributed by atoms with van der Waals surface area (Å²) in [6.45, 7) is 21.4. The van der Waals surface area contributed by atoms with Crippen molar-refractivity contribution in [2.45, 2.75) is 154 Å². The second kappa shape index (κ2) is 25.6. The highest BCUT2D eigenvalue weighted by atomic mass is 35.5. The van der Waals surface area contributed by atoms with Gasteiger partial charge in [-0.25, -0.2) is 19.9 Å². The van der Waals surface area contributed by atoms with E-state index in [0.29, 0.717) is 92.6 Å². The highest BCUT2D eigenvalue weighted by Crippen LogP contribution is 2.34. The lowest BCUT2D eigenvalue weighted by Gasteiger charge is -2.20. The van der Waals surface area contributed by atoms with Crippen molar-refractivity contribution in [3.05, 3.63) is 82.4 Å². The SMILES string of the molecule is Cl.Cn1nc(-c2cnc3c(n2)c(C(=O)NC2CCC(CC(=O)OC(C)(C)C)C2)cn3COCC[Si](C)(C)C)c2ccc(Cl)cc21.Cn1nc(-c2cnc3c(n2)c(C(=O)NC2CCC(N)C2)cn3COCC[Si](C)(C)C)c2ccc(Cl)cc21. The Bertz CT molecular complexity index is 3620. The summed E-state index contributed by atoms with van der Waals surface area (Å²) in [7, 11) is 1.26. The van der Waals surface area contributed by atoms with Gasteiger partial charge < -0.3 is 39.7 Å². The molecule has 2 aliphatic rings. The molecule has 82 heavy (non-hydrogen) atoms. The van der Waals surface area contributed by atoms with Crippen LogP contribution in [-0.4, -0.2) is 120 Å². The Morgan fingerprint density at radius 2 is 1.13 bits per heavy atom. The fourth-order valence-corrected chi connectivity index (χ4v) is 12.3. The zero-order valence-corrected chi connectivity index (χ0v) is 53.3. The van der Waals surface area contributed by atoms with Gasteiger partial charge >= 0.3 is 5.97 Å². The van der Waals surface area contributed by atoms with E-state index in [1.54, 1.807) is 34.2 Å². The number of nitrogens with two attached hydrogens (primary N) is 1. The molecule has 440 valence electrons. The van der Waals surface area contributed by atoms with Gasteiger partial charge in [-0.15, -0.1) is 12.4 Å².